The zero-order chi connectivity index (χ0) is 46.6. The molecule has 4 N–H and O–H groups in total. The molecule has 4 heterocycles. The number of aromatic nitrogens is 5. The van der Waals surface area contributed by atoms with Gasteiger partial charge in [-0.3, -0.25) is 4.98 Å². The van der Waals surface area contributed by atoms with E-state index in [1.165, 1.54) is 0 Å². The van der Waals surface area contributed by atoms with Gasteiger partial charge in [-0.05, 0) is 74.7 Å². The molecule has 0 saturated carbocycles. The molecule has 0 atom stereocenters. The van der Waals surface area contributed by atoms with E-state index in [1.54, 1.807) is 39.5 Å². The number of aliphatic hydroxyl groups is 2. The number of aryl methyl sites for hydroxylation is 2. The van der Waals surface area contributed by atoms with E-state index in [1.807, 2.05) is 13.0 Å². The normalized spacial score (nSPS) is 12.1. The molecule has 3 aromatic rings. The molecule has 0 unspecified atom stereocenters. The summed E-state index contributed by atoms with van der Waals surface area (Å²) in [7, 11) is 3.24. The number of fused-ring (bicyclic) bond motifs is 7. The molecule has 370 valence electrons. The van der Waals surface area contributed by atoms with Crippen LogP contribution in [0.5, 0.6) is 23.1 Å². The molecule has 0 saturated heterocycles. The van der Waals surface area contributed by atoms with E-state index in [4.69, 9.17) is 62.8 Å². The van der Waals surface area contributed by atoms with Gasteiger partial charge >= 0.3 is 0 Å². The van der Waals surface area contributed by atoms with Gasteiger partial charge in [-0.1, -0.05) is 36.6 Å². The average Bonchev–Trinajstić information content (AvgIpc) is 3.94. The third kappa shape index (κ3) is 18.0. The molecule has 0 fully saturated rings. The third-order valence-electron chi connectivity index (χ3n) is 10.9. The number of aromatic hydroxyl groups is 2. The van der Waals surface area contributed by atoms with Gasteiger partial charge in [-0.2, -0.15) is 0 Å². The van der Waals surface area contributed by atoms with Crippen LogP contribution in [-0.4, -0.2) is 147 Å². The van der Waals surface area contributed by atoms with Crippen LogP contribution >= 0.6 is 0 Å². The van der Waals surface area contributed by atoms with Crippen molar-refractivity contribution in [2.24, 2.45) is 0 Å². The van der Waals surface area contributed by atoms with Crippen molar-refractivity contribution in [3.05, 3.63) is 58.3 Å². The molecule has 0 amide bonds. The molecule has 17 nitrogen and oxygen atoms in total. The van der Waals surface area contributed by atoms with Crippen LogP contribution in [0.25, 0.3) is 44.4 Å². The smallest absolute Gasteiger partial charge is 0.238 e. The van der Waals surface area contributed by atoms with Crippen LogP contribution < -0.4 is 14.5 Å². The third-order valence-corrected chi connectivity index (χ3v) is 10.9. The first-order valence-corrected chi connectivity index (χ1v) is 22.4. The number of nitrogens with zero attached hydrogens (tertiary/aromatic N) is 5. The van der Waals surface area contributed by atoms with Gasteiger partial charge in [0.05, 0.1) is 94.7 Å². The van der Waals surface area contributed by atoms with Gasteiger partial charge in [0, 0.05) is 168 Å². The topological polar surface area (TPSA) is 220 Å². The molecule has 6 bridgehead atoms. The molecule has 0 spiro atoms. The van der Waals surface area contributed by atoms with E-state index >= 15 is 0 Å². The van der Waals surface area contributed by atoms with E-state index in [0.29, 0.717) is 136 Å². The summed E-state index contributed by atoms with van der Waals surface area (Å²) < 4.78 is 45.1. The van der Waals surface area contributed by atoms with E-state index < -0.39 is 5.88 Å². The van der Waals surface area contributed by atoms with Crippen LogP contribution in [-0.2, 0) is 34.8 Å². The molecule has 68 heavy (non-hydrogen) atoms. The molecular weight excluding hydrogens is 1450 g/mol. The number of ether oxygens (including phenoxy) is 8. The van der Waals surface area contributed by atoms with Gasteiger partial charge in [0.1, 0.15) is 30.4 Å². The van der Waals surface area contributed by atoms with Crippen molar-refractivity contribution >= 4 is 44.4 Å². The summed E-state index contributed by atoms with van der Waals surface area (Å²) in [6, 6.07) is 5.28. The Bertz CT molecular complexity index is 2320. The Morgan fingerprint density at radius 2 is 1.10 bits per heavy atom. The second kappa shape index (κ2) is 34.6. The van der Waals surface area contributed by atoms with Crippen LogP contribution in [0, 0.1) is 135 Å². The van der Waals surface area contributed by atoms with Crippen molar-refractivity contribution in [2.45, 2.75) is 66.2 Å². The molecule has 0 aliphatic carbocycles. The monoisotopic (exact) mass is 1520 g/mol. The summed E-state index contributed by atoms with van der Waals surface area (Å²) in [5.74, 6) is 0.0904. The molecule has 1 aromatic carbocycles. The van der Waals surface area contributed by atoms with Gasteiger partial charge in [0.15, 0.2) is 11.5 Å². The maximum atomic E-state index is 12.1. The van der Waals surface area contributed by atoms with Crippen molar-refractivity contribution in [1.82, 2.24) is 24.9 Å². The number of hydrogen-bond acceptors (Lipinski definition) is 16. The van der Waals surface area contributed by atoms with Crippen LogP contribution in [0.1, 0.15) is 86.8 Å². The van der Waals surface area contributed by atoms with Crippen molar-refractivity contribution < 1.29 is 186 Å². The zero-order valence-electron chi connectivity index (χ0n) is 40.3. The molecule has 2 aromatic heterocycles. The first-order chi connectivity index (χ1) is 31.7. The van der Waals surface area contributed by atoms with Crippen LogP contribution in [0.4, 0.5) is 0 Å². The van der Waals surface area contributed by atoms with Gasteiger partial charge in [0.25, 0.3) is 0 Å². The number of rotatable bonds is 28. The van der Waals surface area contributed by atoms with Crippen molar-refractivity contribution in [3.63, 3.8) is 0 Å². The predicted octanol–water partition coefficient (Wildman–Crippen LogP) is 6.16. The van der Waals surface area contributed by atoms with Gasteiger partial charge in [-0.25, -0.2) is 15.0 Å². The summed E-state index contributed by atoms with van der Waals surface area (Å²) >= 11 is 0. The van der Waals surface area contributed by atoms with Crippen LogP contribution in [0.3, 0.4) is 0 Å². The Kier molecular flexibility index (Phi) is 32.2. The standard InChI is InChI=1S/C48H66N5O12.2Ac.Gd/c1-7-33-34(8-2)41-30-49-39-28-42(64-25-23-62-21-19-60-17-15-58-5)43(65-26-24-63-22-20-61-18-16-59-6)29-40(39)52-48(57)45-32(4)36(12-10-14-55)46(53-45)47(56)44-31(3)35(11-9-13-54)38(51-44)27-37(33)50-41;;;/h27-30,54-55H,7-26H2,1-6H3,(H2-,49,50,51,52,53,56,57);;;/q-1;;;. The van der Waals surface area contributed by atoms with Crippen LogP contribution in [0.15, 0.2) is 24.4 Å². The SMILES string of the molecule is CCC1=C(CC)c2cc3[n-]c(c(C)c3CCCO)c(O)c3nc(c(O)nc4cc(OCCOCCOCCOC)c(OCCOCCOCCOC)cc4ncc1n2)C(C)=C3CCCO.[Ac].[Ac].[Gd]. The fraction of sp³-hybridized carbons (Fsp3) is 0.542. The summed E-state index contributed by atoms with van der Waals surface area (Å²) in [5, 5.41) is 43.7. The number of allylic oxidation sites excluding steroid dienone is 4. The second-order valence-corrected chi connectivity index (χ2v) is 15.2. The number of hydrogen-bond donors (Lipinski definition) is 4. The van der Waals surface area contributed by atoms with E-state index in [0.717, 1.165) is 28.0 Å². The van der Waals surface area contributed by atoms with Crippen LogP contribution in [0.2, 0.25) is 0 Å². The maximum Gasteiger partial charge on any atom is 0.238 e. The van der Waals surface area contributed by atoms with E-state index in [9.17, 15) is 20.4 Å². The van der Waals surface area contributed by atoms with Crippen molar-refractivity contribution in [3.8, 4) is 23.1 Å². The molecule has 5 rings (SSSR count). The Morgan fingerprint density at radius 3 is 1.65 bits per heavy atom. The number of aliphatic hydroxyl groups excluding tert-OH is 2. The number of benzene rings is 1. The summed E-state index contributed by atoms with van der Waals surface area (Å²) in [5.41, 5.74) is 8.23. The maximum absolute atomic E-state index is 12.1. The van der Waals surface area contributed by atoms with Gasteiger partial charge < -0.3 is 63.3 Å². The Balaban J connectivity index is 0.00000529. The summed E-state index contributed by atoms with van der Waals surface area (Å²) in [4.78, 5) is 24.5. The quantitative estimate of drug-likeness (QED) is 0.0598. The first-order valence-electron chi connectivity index (χ1n) is 22.4. The van der Waals surface area contributed by atoms with Gasteiger partial charge in [0.2, 0.25) is 5.88 Å². The second-order valence-electron chi connectivity index (χ2n) is 15.2. The minimum absolute atomic E-state index is 0. The minimum atomic E-state index is -0.425. The Morgan fingerprint density at radius 1 is 0.588 bits per heavy atom. The minimum Gasteiger partial charge on any atom is -0.654 e. The van der Waals surface area contributed by atoms with Crippen molar-refractivity contribution in [2.75, 3.05) is 107 Å². The van der Waals surface area contributed by atoms with Crippen molar-refractivity contribution in [1.29, 1.82) is 0 Å². The first kappa shape index (κ1) is 63.3. The Hall–Kier alpha value is -0.772. The molecule has 20 heteroatoms. The molecule has 2 radical (unpaired) electrons. The van der Waals surface area contributed by atoms with Gasteiger partial charge in [-0.15, -0.1) is 5.52 Å². The zero-order valence-corrected chi connectivity index (χ0v) is 52.0. The molecular formula is C48H66Ac2GdN5O12-. The Labute approximate surface area is 503 Å². The molecule has 2 aliphatic rings. The van der Waals surface area contributed by atoms with E-state index in [-0.39, 0.29) is 190 Å². The molecule has 2 aliphatic heterocycles. The average molecular weight is 1520 g/mol. The summed E-state index contributed by atoms with van der Waals surface area (Å²) in [6.07, 6.45) is 4.84. The largest absolute Gasteiger partial charge is 0.654 e. The fourth-order valence-corrected chi connectivity index (χ4v) is 7.52. The summed E-state index contributed by atoms with van der Waals surface area (Å²) in [6.45, 7) is 12.1. The fourth-order valence-electron chi connectivity index (χ4n) is 7.52. The number of methoxy groups -OCH3 is 2. The predicted molar refractivity (Wildman–Crippen MR) is 248 cm³/mol. The van der Waals surface area contributed by atoms with E-state index in [2.05, 4.69) is 13.8 Å².